The summed E-state index contributed by atoms with van der Waals surface area (Å²) in [5.41, 5.74) is 2.25. The van der Waals surface area contributed by atoms with E-state index in [1.807, 2.05) is 38.1 Å². The van der Waals surface area contributed by atoms with Crippen molar-refractivity contribution < 1.29 is 19.7 Å². The van der Waals surface area contributed by atoms with Gasteiger partial charge in [-0.05, 0) is 48.9 Å². The number of aromatic hydroxyl groups is 2. The lowest BCUT2D eigenvalue weighted by Crippen LogP contribution is -2.45. The van der Waals surface area contributed by atoms with E-state index in [0.717, 1.165) is 38.5 Å². The van der Waals surface area contributed by atoms with E-state index in [-0.39, 0.29) is 29.9 Å². The summed E-state index contributed by atoms with van der Waals surface area (Å²) < 4.78 is 11.2. The number of hydrogen-bond acceptors (Lipinski definition) is 7. The molecule has 35 heavy (non-hydrogen) atoms. The van der Waals surface area contributed by atoms with Crippen LogP contribution in [0.5, 0.6) is 17.2 Å². The fourth-order valence-corrected chi connectivity index (χ4v) is 4.14. The van der Waals surface area contributed by atoms with Crippen LogP contribution >= 0.6 is 0 Å². The van der Waals surface area contributed by atoms with Gasteiger partial charge in [0.1, 0.15) is 36.3 Å². The number of phenolic OH excluding ortho intramolecular Hbond substituents is 2. The Hall–Kier alpha value is -3.07. The van der Waals surface area contributed by atoms with E-state index >= 15 is 0 Å². The van der Waals surface area contributed by atoms with Crippen LogP contribution in [0.3, 0.4) is 0 Å². The van der Waals surface area contributed by atoms with Crippen molar-refractivity contribution in [1.29, 1.82) is 5.41 Å². The first-order valence-electron chi connectivity index (χ1n) is 12.0. The molecular weight excluding hydrogens is 444 g/mol. The third kappa shape index (κ3) is 6.75. The van der Waals surface area contributed by atoms with Crippen LogP contribution in [0.1, 0.15) is 30.9 Å². The minimum Gasteiger partial charge on any atom is -0.508 e. The van der Waals surface area contributed by atoms with E-state index in [1.54, 1.807) is 11.0 Å². The van der Waals surface area contributed by atoms with Gasteiger partial charge in [0, 0.05) is 57.2 Å². The van der Waals surface area contributed by atoms with E-state index in [9.17, 15) is 10.2 Å². The maximum Gasteiger partial charge on any atom is 0.131 e. The van der Waals surface area contributed by atoms with Gasteiger partial charge in [-0.25, -0.2) is 0 Å². The highest BCUT2D eigenvalue weighted by Crippen LogP contribution is 2.37. The summed E-state index contributed by atoms with van der Waals surface area (Å²) in [6.45, 7) is 13.9. The average molecular weight is 483 g/mol. The minimum absolute atomic E-state index is 0.0330. The molecule has 0 atom stereocenters. The first-order chi connectivity index (χ1) is 16.7. The minimum atomic E-state index is -0.101. The summed E-state index contributed by atoms with van der Waals surface area (Å²) in [7, 11) is 3.67. The lowest BCUT2D eigenvalue weighted by Gasteiger charge is -2.32. The summed E-state index contributed by atoms with van der Waals surface area (Å²) in [6, 6.07) is 10.5. The number of phenols is 2. The zero-order valence-corrected chi connectivity index (χ0v) is 21.3. The lowest BCUT2D eigenvalue weighted by molar-refractivity contribution is 0.134. The SMILES string of the molecule is C=C(c1cc(C(C)C)c(O)cc1O)N(C(=N)COC)c1ccc(OCCN2CCN(C)CC2)cc1. The Morgan fingerprint density at radius 2 is 1.74 bits per heavy atom. The van der Waals surface area contributed by atoms with Gasteiger partial charge >= 0.3 is 0 Å². The molecule has 0 radical (unpaired) electrons. The molecule has 0 spiro atoms. The Bertz CT molecular complexity index is 1010. The Morgan fingerprint density at radius 1 is 1.09 bits per heavy atom. The van der Waals surface area contributed by atoms with E-state index in [0.29, 0.717) is 29.1 Å². The second kappa shape index (κ2) is 12.1. The number of benzene rings is 2. The number of nitrogens with zero attached hydrogens (tertiary/aromatic N) is 3. The van der Waals surface area contributed by atoms with Gasteiger partial charge in [-0.1, -0.05) is 20.4 Å². The Balaban J connectivity index is 1.76. The van der Waals surface area contributed by atoms with Crippen LogP contribution in [0, 0.1) is 5.41 Å². The second-order valence-corrected chi connectivity index (χ2v) is 9.23. The summed E-state index contributed by atoms with van der Waals surface area (Å²) >= 11 is 0. The Labute approximate surface area is 208 Å². The Kier molecular flexibility index (Phi) is 9.14. The van der Waals surface area contributed by atoms with Gasteiger partial charge in [-0.15, -0.1) is 0 Å². The summed E-state index contributed by atoms with van der Waals surface area (Å²) in [4.78, 5) is 6.37. The van der Waals surface area contributed by atoms with Crippen LogP contribution in [-0.2, 0) is 4.74 Å². The normalized spacial score (nSPS) is 14.8. The molecule has 2 aromatic rings. The van der Waals surface area contributed by atoms with Crippen molar-refractivity contribution in [1.82, 2.24) is 9.80 Å². The molecule has 0 unspecified atom stereocenters. The fraction of sp³-hybridized carbons (Fsp3) is 0.444. The molecule has 8 nitrogen and oxygen atoms in total. The van der Waals surface area contributed by atoms with Crippen LogP contribution < -0.4 is 9.64 Å². The molecule has 1 aliphatic rings. The molecule has 190 valence electrons. The van der Waals surface area contributed by atoms with Crippen molar-refractivity contribution >= 4 is 17.2 Å². The van der Waals surface area contributed by atoms with Crippen LogP contribution in [0.2, 0.25) is 0 Å². The number of anilines is 1. The number of ether oxygens (including phenoxy) is 2. The second-order valence-electron chi connectivity index (χ2n) is 9.23. The molecule has 2 aromatic carbocycles. The molecule has 3 N–H and O–H groups in total. The number of rotatable bonds is 10. The molecule has 0 saturated carbocycles. The molecule has 0 aromatic heterocycles. The molecule has 1 fully saturated rings. The summed E-state index contributed by atoms with van der Waals surface area (Å²) in [6.07, 6.45) is 0. The van der Waals surface area contributed by atoms with Gasteiger partial charge in [0.25, 0.3) is 0 Å². The van der Waals surface area contributed by atoms with E-state index in [1.165, 1.54) is 13.2 Å². The Morgan fingerprint density at radius 3 is 2.34 bits per heavy atom. The predicted octanol–water partition coefficient (Wildman–Crippen LogP) is 3.95. The van der Waals surface area contributed by atoms with Crippen molar-refractivity contribution in [3.63, 3.8) is 0 Å². The van der Waals surface area contributed by atoms with E-state index in [2.05, 4.69) is 23.4 Å². The van der Waals surface area contributed by atoms with Crippen molar-refractivity contribution in [3.05, 3.63) is 54.1 Å². The van der Waals surface area contributed by atoms with Gasteiger partial charge in [-0.2, -0.15) is 0 Å². The number of nitrogens with one attached hydrogen (secondary N) is 1. The maximum absolute atomic E-state index is 10.6. The molecule has 0 bridgehead atoms. The van der Waals surface area contributed by atoms with Gasteiger partial charge in [0.05, 0.1) is 5.70 Å². The van der Waals surface area contributed by atoms with Crippen molar-refractivity contribution in [2.75, 3.05) is 65.0 Å². The highest BCUT2D eigenvalue weighted by atomic mass is 16.5. The zero-order valence-electron chi connectivity index (χ0n) is 21.3. The fourth-order valence-electron chi connectivity index (χ4n) is 4.14. The molecule has 1 heterocycles. The number of methoxy groups -OCH3 is 1. The van der Waals surface area contributed by atoms with Crippen LogP contribution in [-0.4, -0.2) is 85.9 Å². The van der Waals surface area contributed by atoms with Gasteiger partial charge in [0.15, 0.2) is 0 Å². The first-order valence-corrected chi connectivity index (χ1v) is 12.0. The predicted molar refractivity (Wildman–Crippen MR) is 141 cm³/mol. The van der Waals surface area contributed by atoms with Crippen molar-refractivity contribution in [2.24, 2.45) is 0 Å². The third-order valence-corrected chi connectivity index (χ3v) is 6.27. The standard InChI is InChI=1S/C27H38N4O4/c1-19(2)23-16-24(26(33)17-25(23)32)20(3)31(27(28)18-34-5)21-6-8-22(9-7-21)35-15-14-30-12-10-29(4)11-13-30/h6-9,16-17,19,28,32-33H,3,10-15,18H2,1-2,4-5H3. The van der Waals surface area contributed by atoms with Crippen molar-refractivity contribution in [2.45, 2.75) is 19.8 Å². The summed E-state index contributed by atoms with van der Waals surface area (Å²) in [5, 5.41) is 29.4. The van der Waals surface area contributed by atoms with Gasteiger partial charge in [-0.3, -0.25) is 15.2 Å². The molecule has 3 rings (SSSR count). The maximum atomic E-state index is 10.6. The quantitative estimate of drug-likeness (QED) is 0.349. The molecule has 0 aliphatic carbocycles. The van der Waals surface area contributed by atoms with Gasteiger partial charge < -0.3 is 24.6 Å². The number of piperazine rings is 1. The topological polar surface area (TPSA) is 92.5 Å². The smallest absolute Gasteiger partial charge is 0.131 e. The van der Waals surface area contributed by atoms with Crippen molar-refractivity contribution in [3.8, 4) is 17.2 Å². The molecule has 0 amide bonds. The number of hydrogen-bond donors (Lipinski definition) is 3. The van der Waals surface area contributed by atoms with Crippen LogP contribution in [0.25, 0.3) is 5.70 Å². The molecular formula is C27H38N4O4. The summed E-state index contributed by atoms with van der Waals surface area (Å²) in [5.74, 6) is 0.902. The molecule has 8 heteroatoms. The van der Waals surface area contributed by atoms with Crippen LogP contribution in [0.15, 0.2) is 43.0 Å². The highest BCUT2D eigenvalue weighted by molar-refractivity contribution is 6.08. The van der Waals surface area contributed by atoms with Crippen LogP contribution in [0.4, 0.5) is 5.69 Å². The highest BCUT2D eigenvalue weighted by Gasteiger charge is 2.22. The van der Waals surface area contributed by atoms with E-state index in [4.69, 9.17) is 14.9 Å². The number of likely N-dealkylation sites (N-methyl/N-ethyl adjacent to an activating group) is 1. The third-order valence-electron chi connectivity index (χ3n) is 6.27. The zero-order chi connectivity index (χ0) is 25.5. The van der Waals surface area contributed by atoms with E-state index < -0.39 is 0 Å². The van der Waals surface area contributed by atoms with Gasteiger partial charge in [0.2, 0.25) is 0 Å². The monoisotopic (exact) mass is 482 g/mol. The largest absolute Gasteiger partial charge is 0.508 e. The average Bonchev–Trinajstić information content (AvgIpc) is 2.81. The lowest BCUT2D eigenvalue weighted by atomic mass is 9.97. The molecule has 1 aliphatic heterocycles. The number of amidine groups is 1. The first kappa shape index (κ1) is 26.5. The molecule has 1 saturated heterocycles.